The molecule has 0 fully saturated rings. The SMILES string of the molecule is O=C(NCc1ccc(OC(F)F)cc1)c1ccccc1SCc1nnnn1-c1ccccc1. The molecular formula is C23H19F2N5O2S. The number of nitrogens with zero attached hydrogens (tertiary/aromatic N) is 4. The summed E-state index contributed by atoms with van der Waals surface area (Å²) in [6.45, 7) is -2.62. The third-order valence-electron chi connectivity index (χ3n) is 4.62. The molecule has 0 spiro atoms. The summed E-state index contributed by atoms with van der Waals surface area (Å²) in [5.41, 5.74) is 2.14. The maximum atomic E-state index is 12.8. The van der Waals surface area contributed by atoms with Gasteiger partial charge in [-0.15, -0.1) is 16.9 Å². The van der Waals surface area contributed by atoms with Crippen LogP contribution in [0.3, 0.4) is 0 Å². The molecule has 0 radical (unpaired) electrons. The molecule has 0 aliphatic rings. The number of rotatable bonds is 9. The van der Waals surface area contributed by atoms with Crippen LogP contribution in [0.2, 0.25) is 0 Å². The minimum atomic E-state index is -2.87. The first kappa shape index (κ1) is 22.4. The molecule has 0 aliphatic heterocycles. The van der Waals surface area contributed by atoms with E-state index in [1.165, 1.54) is 23.9 Å². The Morgan fingerprint density at radius 1 is 1.00 bits per heavy atom. The molecule has 4 rings (SSSR count). The van der Waals surface area contributed by atoms with E-state index >= 15 is 0 Å². The van der Waals surface area contributed by atoms with E-state index in [0.29, 0.717) is 17.1 Å². The van der Waals surface area contributed by atoms with Gasteiger partial charge >= 0.3 is 6.61 Å². The smallest absolute Gasteiger partial charge is 0.387 e. The summed E-state index contributed by atoms with van der Waals surface area (Å²) in [6, 6.07) is 23.0. The molecule has 1 N–H and O–H groups in total. The van der Waals surface area contributed by atoms with E-state index in [-0.39, 0.29) is 18.2 Å². The van der Waals surface area contributed by atoms with Gasteiger partial charge in [-0.25, -0.2) is 0 Å². The van der Waals surface area contributed by atoms with Gasteiger partial charge in [-0.1, -0.05) is 42.5 Å². The number of hydrogen-bond acceptors (Lipinski definition) is 6. The van der Waals surface area contributed by atoms with Gasteiger partial charge in [0.25, 0.3) is 5.91 Å². The molecule has 7 nitrogen and oxygen atoms in total. The Hall–Kier alpha value is -3.79. The molecule has 10 heteroatoms. The van der Waals surface area contributed by atoms with Crippen molar-refractivity contribution in [2.24, 2.45) is 0 Å². The lowest BCUT2D eigenvalue weighted by Gasteiger charge is -2.11. The highest BCUT2D eigenvalue weighted by Gasteiger charge is 2.14. The quantitative estimate of drug-likeness (QED) is 0.366. The van der Waals surface area contributed by atoms with Crippen molar-refractivity contribution in [3.8, 4) is 11.4 Å². The van der Waals surface area contributed by atoms with Crippen LogP contribution >= 0.6 is 11.8 Å². The number of carbonyl (C=O) groups excluding carboxylic acids is 1. The Morgan fingerprint density at radius 3 is 2.48 bits per heavy atom. The van der Waals surface area contributed by atoms with Crippen molar-refractivity contribution in [3.05, 3.63) is 95.8 Å². The topological polar surface area (TPSA) is 81.9 Å². The number of amides is 1. The number of para-hydroxylation sites is 1. The van der Waals surface area contributed by atoms with Crippen molar-refractivity contribution in [2.45, 2.75) is 23.8 Å². The van der Waals surface area contributed by atoms with E-state index in [2.05, 4.69) is 25.6 Å². The highest BCUT2D eigenvalue weighted by atomic mass is 32.2. The number of aromatic nitrogens is 4. The number of alkyl halides is 2. The van der Waals surface area contributed by atoms with Crippen LogP contribution in [-0.4, -0.2) is 32.7 Å². The third kappa shape index (κ3) is 5.92. The summed E-state index contributed by atoms with van der Waals surface area (Å²) in [5, 5.41) is 14.8. The number of halogens is 2. The first-order valence-electron chi connectivity index (χ1n) is 9.96. The second-order valence-electron chi connectivity index (χ2n) is 6.83. The summed E-state index contributed by atoms with van der Waals surface area (Å²) in [4.78, 5) is 13.6. The van der Waals surface area contributed by atoms with Crippen LogP contribution in [0.25, 0.3) is 5.69 Å². The van der Waals surface area contributed by atoms with Crippen LogP contribution in [-0.2, 0) is 12.3 Å². The lowest BCUT2D eigenvalue weighted by Crippen LogP contribution is -2.23. The summed E-state index contributed by atoms with van der Waals surface area (Å²) in [7, 11) is 0. The van der Waals surface area contributed by atoms with Gasteiger partial charge in [0.15, 0.2) is 5.82 Å². The largest absolute Gasteiger partial charge is 0.435 e. The summed E-state index contributed by atoms with van der Waals surface area (Å²) >= 11 is 1.46. The Labute approximate surface area is 192 Å². The Bertz CT molecular complexity index is 1200. The molecule has 3 aromatic carbocycles. The highest BCUT2D eigenvalue weighted by molar-refractivity contribution is 7.98. The average Bonchev–Trinajstić information content (AvgIpc) is 3.31. The van der Waals surface area contributed by atoms with Crippen molar-refractivity contribution >= 4 is 17.7 Å². The molecule has 1 aromatic heterocycles. The minimum absolute atomic E-state index is 0.0691. The number of nitrogens with one attached hydrogen (secondary N) is 1. The Morgan fingerprint density at radius 2 is 1.73 bits per heavy atom. The third-order valence-corrected chi connectivity index (χ3v) is 5.69. The Balaban J connectivity index is 1.40. The molecule has 1 amide bonds. The van der Waals surface area contributed by atoms with Crippen LogP contribution in [0.15, 0.2) is 83.8 Å². The van der Waals surface area contributed by atoms with Crippen molar-refractivity contribution in [1.82, 2.24) is 25.5 Å². The summed E-state index contributed by atoms with van der Waals surface area (Å²) < 4.78 is 30.5. The monoisotopic (exact) mass is 467 g/mol. The predicted molar refractivity (Wildman–Crippen MR) is 119 cm³/mol. The molecule has 0 saturated heterocycles. The molecule has 0 unspecified atom stereocenters. The van der Waals surface area contributed by atoms with Gasteiger partial charge < -0.3 is 10.1 Å². The number of ether oxygens (including phenoxy) is 1. The maximum Gasteiger partial charge on any atom is 0.387 e. The van der Waals surface area contributed by atoms with E-state index < -0.39 is 6.61 Å². The average molecular weight is 468 g/mol. The zero-order valence-electron chi connectivity index (χ0n) is 17.3. The molecule has 1 heterocycles. The van der Waals surface area contributed by atoms with Crippen molar-refractivity contribution < 1.29 is 18.3 Å². The molecule has 0 atom stereocenters. The fraction of sp³-hybridized carbons (Fsp3) is 0.130. The van der Waals surface area contributed by atoms with Gasteiger partial charge in [-0.3, -0.25) is 4.79 Å². The van der Waals surface area contributed by atoms with E-state index in [1.54, 1.807) is 28.9 Å². The second kappa shape index (κ2) is 10.7. The van der Waals surface area contributed by atoms with Gasteiger partial charge in [0.2, 0.25) is 0 Å². The number of carbonyl (C=O) groups is 1. The number of tetrazole rings is 1. The van der Waals surface area contributed by atoms with Crippen molar-refractivity contribution in [3.63, 3.8) is 0 Å². The minimum Gasteiger partial charge on any atom is -0.435 e. The zero-order chi connectivity index (χ0) is 23.0. The normalized spacial score (nSPS) is 10.9. The first-order chi connectivity index (χ1) is 16.1. The van der Waals surface area contributed by atoms with Gasteiger partial charge in [-0.05, 0) is 52.4 Å². The van der Waals surface area contributed by atoms with E-state index in [4.69, 9.17) is 0 Å². The molecular weight excluding hydrogens is 448 g/mol. The molecule has 0 bridgehead atoms. The number of thioether (sulfide) groups is 1. The lowest BCUT2D eigenvalue weighted by atomic mass is 10.2. The van der Waals surface area contributed by atoms with Gasteiger partial charge in [0.05, 0.1) is 17.0 Å². The molecule has 0 aliphatic carbocycles. The highest BCUT2D eigenvalue weighted by Crippen LogP contribution is 2.26. The fourth-order valence-electron chi connectivity index (χ4n) is 3.05. The zero-order valence-corrected chi connectivity index (χ0v) is 18.1. The molecule has 4 aromatic rings. The summed E-state index contributed by atoms with van der Waals surface area (Å²) in [6.07, 6.45) is 0. The fourth-order valence-corrected chi connectivity index (χ4v) is 4.01. The maximum absolute atomic E-state index is 12.8. The van der Waals surface area contributed by atoms with E-state index in [9.17, 15) is 13.6 Å². The lowest BCUT2D eigenvalue weighted by molar-refractivity contribution is -0.0498. The van der Waals surface area contributed by atoms with E-state index in [1.807, 2.05) is 42.5 Å². The van der Waals surface area contributed by atoms with Crippen molar-refractivity contribution in [1.29, 1.82) is 0 Å². The molecule has 33 heavy (non-hydrogen) atoms. The summed E-state index contributed by atoms with van der Waals surface area (Å²) in [5.74, 6) is 0.957. The van der Waals surface area contributed by atoms with Crippen LogP contribution in [0.4, 0.5) is 8.78 Å². The van der Waals surface area contributed by atoms with Gasteiger partial charge in [-0.2, -0.15) is 13.5 Å². The van der Waals surface area contributed by atoms with Crippen molar-refractivity contribution in [2.75, 3.05) is 0 Å². The predicted octanol–water partition coefficient (Wildman–Crippen LogP) is 4.49. The standard InChI is InChI=1S/C23H19F2N5O2S/c24-23(25)32-18-12-10-16(11-13-18)14-26-22(31)19-8-4-5-9-20(19)33-15-21-27-28-29-30(21)17-6-2-1-3-7-17/h1-13,23H,14-15H2,(H,26,31). The van der Waals surface area contributed by atoms with Gasteiger partial charge in [0, 0.05) is 11.4 Å². The van der Waals surface area contributed by atoms with Gasteiger partial charge in [0.1, 0.15) is 5.75 Å². The first-order valence-corrected chi connectivity index (χ1v) is 10.9. The molecule has 0 saturated carbocycles. The molecule has 168 valence electrons. The second-order valence-corrected chi connectivity index (χ2v) is 7.85. The number of benzene rings is 3. The van der Waals surface area contributed by atoms with E-state index in [0.717, 1.165) is 16.1 Å². The van der Waals surface area contributed by atoms with Crippen LogP contribution in [0.1, 0.15) is 21.7 Å². The van der Waals surface area contributed by atoms with Crippen LogP contribution in [0.5, 0.6) is 5.75 Å². The Kier molecular flexibility index (Phi) is 7.26. The number of hydrogen-bond donors (Lipinski definition) is 1. The van der Waals surface area contributed by atoms with Crippen LogP contribution < -0.4 is 10.1 Å². The van der Waals surface area contributed by atoms with Crippen LogP contribution in [0, 0.1) is 0 Å².